The van der Waals surface area contributed by atoms with E-state index in [1.54, 1.807) is 22.3 Å². The first-order valence-electron chi connectivity index (χ1n) is 6.28. The van der Waals surface area contributed by atoms with Gasteiger partial charge in [-0.2, -0.15) is 0 Å². The summed E-state index contributed by atoms with van der Waals surface area (Å²) in [6, 6.07) is 8.39. The highest BCUT2D eigenvalue weighted by Gasteiger charge is 2.07. The zero-order valence-corrected chi connectivity index (χ0v) is 11.8. The number of hydrogen-bond donors (Lipinski definition) is 1. The van der Waals surface area contributed by atoms with Crippen molar-refractivity contribution in [3.8, 4) is 5.69 Å². The molecule has 1 N–H and O–H groups in total. The summed E-state index contributed by atoms with van der Waals surface area (Å²) in [5, 5.41) is 17.7. The summed E-state index contributed by atoms with van der Waals surface area (Å²) in [7, 11) is 0. The summed E-state index contributed by atoms with van der Waals surface area (Å²) in [5.41, 5.74) is 2.14. The predicted molar refractivity (Wildman–Crippen MR) is 76.5 cm³/mol. The average Bonchev–Trinajstić information content (AvgIpc) is 3.18. The van der Waals surface area contributed by atoms with E-state index in [1.165, 1.54) is 5.56 Å². The van der Waals surface area contributed by atoms with Crippen molar-refractivity contribution in [1.29, 1.82) is 0 Å². The number of nitrogens with one attached hydrogen (secondary N) is 1. The van der Waals surface area contributed by atoms with Crippen molar-refractivity contribution >= 4 is 11.3 Å². The lowest BCUT2D eigenvalue weighted by molar-refractivity contribution is 0.572. The van der Waals surface area contributed by atoms with Crippen molar-refractivity contribution < 1.29 is 0 Å². The summed E-state index contributed by atoms with van der Waals surface area (Å²) in [5.74, 6) is 0. The van der Waals surface area contributed by atoms with Gasteiger partial charge in [-0.1, -0.05) is 12.1 Å². The highest BCUT2D eigenvalue weighted by molar-refractivity contribution is 7.09. The van der Waals surface area contributed by atoms with Gasteiger partial charge in [0.2, 0.25) is 0 Å². The molecular weight excluding hydrogens is 272 g/mol. The average molecular weight is 286 g/mol. The van der Waals surface area contributed by atoms with E-state index in [1.807, 2.05) is 23.7 Å². The van der Waals surface area contributed by atoms with Gasteiger partial charge in [0, 0.05) is 24.2 Å². The molecule has 2 aromatic heterocycles. The normalized spacial score (nSPS) is 12.4. The Morgan fingerprint density at radius 3 is 3.10 bits per heavy atom. The lowest BCUT2D eigenvalue weighted by Crippen LogP contribution is -2.18. The van der Waals surface area contributed by atoms with E-state index in [0.29, 0.717) is 0 Å². The van der Waals surface area contributed by atoms with Crippen LogP contribution in [0.4, 0.5) is 0 Å². The van der Waals surface area contributed by atoms with Crippen molar-refractivity contribution in [2.45, 2.75) is 19.5 Å². The smallest absolute Gasteiger partial charge is 0.143 e. The molecule has 0 aliphatic rings. The molecule has 6 nitrogen and oxygen atoms in total. The maximum absolute atomic E-state index is 4.27. The van der Waals surface area contributed by atoms with Gasteiger partial charge in [-0.05, 0) is 35.0 Å². The van der Waals surface area contributed by atoms with E-state index < -0.39 is 0 Å². The van der Waals surface area contributed by atoms with Gasteiger partial charge in [0.1, 0.15) is 11.3 Å². The first kappa shape index (κ1) is 12.9. The Morgan fingerprint density at radius 2 is 2.35 bits per heavy atom. The van der Waals surface area contributed by atoms with E-state index in [-0.39, 0.29) is 6.04 Å². The Balaban J connectivity index is 1.71. The number of tetrazole rings is 1. The molecule has 3 aromatic rings. The Hall–Kier alpha value is -2.12. The van der Waals surface area contributed by atoms with Crippen LogP contribution >= 0.6 is 11.3 Å². The van der Waals surface area contributed by atoms with Gasteiger partial charge in [-0.25, -0.2) is 9.67 Å². The van der Waals surface area contributed by atoms with Crippen LogP contribution < -0.4 is 5.32 Å². The molecule has 3 rings (SSSR count). The topological polar surface area (TPSA) is 68.5 Å². The summed E-state index contributed by atoms with van der Waals surface area (Å²) in [4.78, 5) is 4.27. The van der Waals surface area contributed by atoms with Crippen LogP contribution in [-0.4, -0.2) is 25.2 Å². The molecule has 0 saturated heterocycles. The predicted octanol–water partition coefficient (Wildman–Crippen LogP) is 1.97. The van der Waals surface area contributed by atoms with Crippen molar-refractivity contribution in [1.82, 2.24) is 30.5 Å². The third kappa shape index (κ3) is 2.89. The van der Waals surface area contributed by atoms with Crippen molar-refractivity contribution in [3.05, 3.63) is 52.7 Å². The molecule has 0 amide bonds. The van der Waals surface area contributed by atoms with Gasteiger partial charge in [0.25, 0.3) is 0 Å². The highest BCUT2D eigenvalue weighted by Crippen LogP contribution is 2.17. The number of thiazole rings is 1. The van der Waals surface area contributed by atoms with E-state index >= 15 is 0 Å². The zero-order chi connectivity index (χ0) is 13.8. The van der Waals surface area contributed by atoms with E-state index in [4.69, 9.17) is 0 Å². The largest absolute Gasteiger partial charge is 0.304 e. The van der Waals surface area contributed by atoms with Crippen LogP contribution in [0.3, 0.4) is 0 Å². The number of rotatable bonds is 5. The molecule has 1 unspecified atom stereocenters. The highest BCUT2D eigenvalue weighted by atomic mass is 32.1. The molecule has 20 heavy (non-hydrogen) atoms. The summed E-state index contributed by atoms with van der Waals surface area (Å²) >= 11 is 1.66. The maximum atomic E-state index is 4.27. The SMILES string of the molecule is CC(NCc1nccs1)c1cccc(-n2cnnn2)c1. The van der Waals surface area contributed by atoms with Crippen molar-refractivity contribution in [2.24, 2.45) is 0 Å². The van der Waals surface area contributed by atoms with Gasteiger partial charge in [0.15, 0.2) is 0 Å². The molecule has 7 heteroatoms. The van der Waals surface area contributed by atoms with Gasteiger partial charge >= 0.3 is 0 Å². The van der Waals surface area contributed by atoms with Crippen LogP contribution in [0.5, 0.6) is 0 Å². The minimum Gasteiger partial charge on any atom is -0.304 e. The zero-order valence-electron chi connectivity index (χ0n) is 11.0. The van der Waals surface area contributed by atoms with Crippen molar-refractivity contribution in [3.63, 3.8) is 0 Å². The van der Waals surface area contributed by atoms with Gasteiger partial charge in [-0.15, -0.1) is 16.4 Å². The second-order valence-corrected chi connectivity index (χ2v) is 5.36. The fraction of sp³-hybridized carbons (Fsp3) is 0.231. The molecule has 0 aliphatic heterocycles. The van der Waals surface area contributed by atoms with Crippen LogP contribution in [0.1, 0.15) is 23.5 Å². The second kappa shape index (κ2) is 5.89. The van der Waals surface area contributed by atoms with Crippen LogP contribution in [0.2, 0.25) is 0 Å². The van der Waals surface area contributed by atoms with Crippen molar-refractivity contribution in [2.75, 3.05) is 0 Å². The standard InChI is InChI=1S/C13H14N6S/c1-10(15-8-13-14-5-6-20-13)11-3-2-4-12(7-11)19-9-16-17-18-19/h2-7,9-10,15H,8H2,1H3. The van der Waals surface area contributed by atoms with Gasteiger partial charge in [-0.3, -0.25) is 0 Å². The molecule has 0 spiro atoms. The minimum atomic E-state index is 0.232. The number of hydrogen-bond acceptors (Lipinski definition) is 6. The third-order valence-corrected chi connectivity index (χ3v) is 3.81. The lowest BCUT2D eigenvalue weighted by atomic mass is 10.1. The molecule has 1 aromatic carbocycles. The molecular formula is C13H14N6S. The van der Waals surface area contributed by atoms with Gasteiger partial charge in [0.05, 0.1) is 5.69 Å². The van der Waals surface area contributed by atoms with E-state index in [9.17, 15) is 0 Å². The lowest BCUT2D eigenvalue weighted by Gasteiger charge is -2.14. The van der Waals surface area contributed by atoms with Crippen LogP contribution in [0.15, 0.2) is 42.2 Å². The number of aromatic nitrogens is 5. The molecule has 2 heterocycles. The maximum Gasteiger partial charge on any atom is 0.143 e. The minimum absolute atomic E-state index is 0.232. The number of nitrogens with zero attached hydrogens (tertiary/aromatic N) is 5. The molecule has 0 aliphatic carbocycles. The van der Waals surface area contributed by atoms with E-state index in [2.05, 4.69) is 44.9 Å². The van der Waals surface area contributed by atoms with Crippen LogP contribution in [-0.2, 0) is 6.54 Å². The first-order valence-corrected chi connectivity index (χ1v) is 7.16. The molecule has 0 fully saturated rings. The monoisotopic (exact) mass is 286 g/mol. The van der Waals surface area contributed by atoms with Crippen LogP contribution in [0.25, 0.3) is 5.69 Å². The number of benzene rings is 1. The molecule has 0 radical (unpaired) electrons. The Kier molecular flexibility index (Phi) is 3.80. The summed E-state index contributed by atoms with van der Waals surface area (Å²) in [6.45, 7) is 2.90. The summed E-state index contributed by atoms with van der Waals surface area (Å²) in [6.07, 6.45) is 3.41. The Bertz CT molecular complexity index is 649. The fourth-order valence-electron chi connectivity index (χ4n) is 1.91. The fourth-order valence-corrected chi connectivity index (χ4v) is 2.48. The van der Waals surface area contributed by atoms with Crippen LogP contribution in [0, 0.1) is 0 Å². The molecule has 1 atom stereocenters. The molecule has 0 bridgehead atoms. The molecule has 102 valence electrons. The second-order valence-electron chi connectivity index (χ2n) is 4.38. The Morgan fingerprint density at radius 1 is 1.40 bits per heavy atom. The molecule has 0 saturated carbocycles. The third-order valence-electron chi connectivity index (χ3n) is 3.03. The first-order chi connectivity index (χ1) is 9.83. The quantitative estimate of drug-likeness (QED) is 0.776. The summed E-state index contributed by atoms with van der Waals surface area (Å²) < 4.78 is 1.65. The van der Waals surface area contributed by atoms with Gasteiger partial charge < -0.3 is 5.32 Å². The Labute approximate surface area is 120 Å². The van der Waals surface area contributed by atoms with E-state index in [0.717, 1.165) is 17.2 Å².